The average molecular weight is 353 g/mol. The van der Waals surface area contributed by atoms with Gasteiger partial charge in [-0.3, -0.25) is 0 Å². The number of aromatic nitrogens is 3. The fourth-order valence-corrected chi connectivity index (χ4v) is 3.71. The molecule has 120 valence electrons. The number of thiazole rings is 1. The molecule has 3 aromatic rings. The highest BCUT2D eigenvalue weighted by molar-refractivity contribution is 7.98. The van der Waals surface area contributed by atoms with E-state index in [1.54, 1.807) is 11.3 Å². The van der Waals surface area contributed by atoms with Crippen LogP contribution in [0.2, 0.25) is 0 Å². The number of aryl methyl sites for hydroxylation is 2. The first-order valence-corrected chi connectivity index (χ1v) is 9.12. The molecule has 0 aliphatic heterocycles. The van der Waals surface area contributed by atoms with Crippen molar-refractivity contribution in [2.75, 3.05) is 5.73 Å². The van der Waals surface area contributed by atoms with Crippen LogP contribution >= 0.6 is 23.1 Å². The minimum atomic E-state index is 0.209. The van der Waals surface area contributed by atoms with E-state index in [2.05, 4.69) is 21.0 Å². The molecule has 5 nitrogen and oxygen atoms in total. The Hall–Kier alpha value is -2.43. The van der Waals surface area contributed by atoms with Crippen molar-refractivity contribution in [2.24, 2.45) is 0 Å². The second-order valence-corrected chi connectivity index (χ2v) is 7.25. The Bertz CT molecular complexity index is 927. The molecule has 2 N–H and O–H groups in total. The molecule has 0 aliphatic rings. The zero-order valence-electron chi connectivity index (χ0n) is 13.3. The lowest BCUT2D eigenvalue weighted by Gasteiger charge is -2.09. The van der Waals surface area contributed by atoms with Crippen molar-refractivity contribution in [1.82, 2.24) is 15.0 Å². The number of thioether (sulfide) groups is 1. The van der Waals surface area contributed by atoms with Gasteiger partial charge in [-0.25, -0.2) is 15.0 Å². The molecule has 2 heterocycles. The van der Waals surface area contributed by atoms with Crippen LogP contribution in [0.4, 0.5) is 5.82 Å². The molecule has 0 bridgehead atoms. The molecule has 0 fully saturated rings. The van der Waals surface area contributed by atoms with Crippen molar-refractivity contribution < 1.29 is 0 Å². The summed E-state index contributed by atoms with van der Waals surface area (Å²) in [6.45, 7) is 3.98. The van der Waals surface area contributed by atoms with Gasteiger partial charge in [0.05, 0.1) is 16.4 Å². The van der Waals surface area contributed by atoms with Gasteiger partial charge in [-0.15, -0.1) is 11.3 Å². The van der Waals surface area contributed by atoms with Crippen LogP contribution < -0.4 is 5.73 Å². The van der Waals surface area contributed by atoms with Gasteiger partial charge in [0.25, 0.3) is 0 Å². The Balaban J connectivity index is 1.96. The van der Waals surface area contributed by atoms with E-state index in [1.807, 2.05) is 43.5 Å². The van der Waals surface area contributed by atoms with E-state index in [4.69, 9.17) is 5.73 Å². The van der Waals surface area contributed by atoms with Gasteiger partial charge < -0.3 is 5.73 Å². The zero-order valence-corrected chi connectivity index (χ0v) is 14.9. The first kappa shape index (κ1) is 16.4. The maximum atomic E-state index is 9.41. The summed E-state index contributed by atoms with van der Waals surface area (Å²) in [5.74, 6) is 0.879. The van der Waals surface area contributed by atoms with Crippen molar-refractivity contribution in [3.63, 3.8) is 0 Å². The molecule has 3 rings (SSSR count). The van der Waals surface area contributed by atoms with Crippen molar-refractivity contribution in [2.45, 2.75) is 24.8 Å². The SMILES string of the molecule is Cc1cccc(-c2nc(SCc3csc(C)n3)nc(N)c2C#N)c1. The number of rotatable bonds is 4. The second-order valence-electron chi connectivity index (χ2n) is 5.24. The summed E-state index contributed by atoms with van der Waals surface area (Å²) < 4.78 is 0. The summed E-state index contributed by atoms with van der Waals surface area (Å²) in [6, 6.07) is 9.97. The highest BCUT2D eigenvalue weighted by Gasteiger charge is 2.15. The molecule has 0 amide bonds. The van der Waals surface area contributed by atoms with E-state index < -0.39 is 0 Å². The van der Waals surface area contributed by atoms with E-state index in [9.17, 15) is 5.26 Å². The summed E-state index contributed by atoms with van der Waals surface area (Å²) in [6.07, 6.45) is 0. The Labute approximate surface area is 148 Å². The lowest BCUT2D eigenvalue weighted by atomic mass is 10.1. The fourth-order valence-electron chi connectivity index (χ4n) is 2.25. The normalized spacial score (nSPS) is 10.5. The van der Waals surface area contributed by atoms with Crippen LogP contribution in [0.3, 0.4) is 0 Å². The predicted molar refractivity (Wildman–Crippen MR) is 97.7 cm³/mol. The molecule has 0 aliphatic carbocycles. The van der Waals surface area contributed by atoms with Crippen molar-refractivity contribution in [3.05, 3.63) is 51.5 Å². The molecule has 0 saturated heterocycles. The third-order valence-corrected chi connectivity index (χ3v) is 5.04. The average Bonchev–Trinajstić information content (AvgIpc) is 2.98. The van der Waals surface area contributed by atoms with E-state index in [-0.39, 0.29) is 5.82 Å². The first-order chi connectivity index (χ1) is 11.6. The van der Waals surface area contributed by atoms with E-state index in [0.29, 0.717) is 22.2 Å². The number of nitriles is 1. The van der Waals surface area contributed by atoms with Gasteiger partial charge in [-0.2, -0.15) is 5.26 Å². The minimum Gasteiger partial charge on any atom is -0.382 e. The Morgan fingerprint density at radius 2 is 2.08 bits per heavy atom. The lowest BCUT2D eigenvalue weighted by molar-refractivity contribution is 0.973. The number of benzene rings is 1. The number of nitrogen functional groups attached to an aromatic ring is 1. The molecule has 0 saturated carbocycles. The number of hydrogen-bond donors (Lipinski definition) is 1. The molecule has 0 atom stereocenters. The second kappa shape index (κ2) is 6.99. The van der Waals surface area contributed by atoms with Crippen molar-refractivity contribution >= 4 is 28.9 Å². The topological polar surface area (TPSA) is 88.5 Å². The van der Waals surface area contributed by atoms with Crippen LogP contribution in [-0.2, 0) is 5.75 Å². The molecule has 0 unspecified atom stereocenters. The van der Waals surface area contributed by atoms with Gasteiger partial charge in [0.15, 0.2) is 5.16 Å². The van der Waals surface area contributed by atoms with Crippen LogP contribution in [0.1, 0.15) is 21.8 Å². The minimum absolute atomic E-state index is 0.209. The maximum absolute atomic E-state index is 9.41. The third-order valence-electron chi connectivity index (χ3n) is 3.34. The van der Waals surface area contributed by atoms with E-state index in [0.717, 1.165) is 21.8 Å². The highest BCUT2D eigenvalue weighted by atomic mass is 32.2. The number of hydrogen-bond acceptors (Lipinski definition) is 7. The largest absolute Gasteiger partial charge is 0.382 e. The maximum Gasteiger partial charge on any atom is 0.190 e. The number of nitrogens with two attached hydrogens (primary N) is 1. The molecule has 0 spiro atoms. The predicted octanol–water partition coefficient (Wildman–Crippen LogP) is 3.96. The summed E-state index contributed by atoms with van der Waals surface area (Å²) >= 11 is 3.08. The van der Waals surface area contributed by atoms with Crippen LogP contribution in [0.5, 0.6) is 0 Å². The Kier molecular flexibility index (Phi) is 4.79. The third kappa shape index (κ3) is 3.55. The summed E-state index contributed by atoms with van der Waals surface area (Å²) in [5, 5.41) is 13.0. The van der Waals surface area contributed by atoms with Gasteiger partial charge >= 0.3 is 0 Å². The summed E-state index contributed by atoms with van der Waals surface area (Å²) in [4.78, 5) is 13.3. The van der Waals surface area contributed by atoms with Crippen molar-refractivity contribution in [1.29, 1.82) is 5.26 Å². The monoisotopic (exact) mass is 353 g/mol. The highest BCUT2D eigenvalue weighted by Crippen LogP contribution is 2.29. The van der Waals surface area contributed by atoms with Crippen molar-refractivity contribution in [3.8, 4) is 17.3 Å². The Morgan fingerprint density at radius 3 is 2.75 bits per heavy atom. The Morgan fingerprint density at radius 1 is 1.25 bits per heavy atom. The van der Waals surface area contributed by atoms with Gasteiger partial charge in [-0.1, -0.05) is 35.5 Å². The van der Waals surface area contributed by atoms with Gasteiger partial charge in [0.1, 0.15) is 17.5 Å². The standard InChI is InChI=1S/C17H15N5S2/c1-10-4-3-5-12(6-10)15-14(7-18)16(19)22-17(21-15)24-9-13-8-23-11(2)20-13/h3-6,8H,9H2,1-2H3,(H2,19,21,22). The quantitative estimate of drug-likeness (QED) is 0.564. The smallest absolute Gasteiger partial charge is 0.190 e. The fraction of sp³-hybridized carbons (Fsp3) is 0.176. The van der Waals surface area contributed by atoms with Crippen LogP contribution in [0, 0.1) is 25.2 Å². The molecule has 24 heavy (non-hydrogen) atoms. The van der Waals surface area contributed by atoms with Crippen LogP contribution in [0.25, 0.3) is 11.3 Å². The van der Waals surface area contributed by atoms with E-state index in [1.165, 1.54) is 11.8 Å². The summed E-state index contributed by atoms with van der Waals surface area (Å²) in [7, 11) is 0. The van der Waals surface area contributed by atoms with Gasteiger partial charge in [0, 0.05) is 16.7 Å². The zero-order chi connectivity index (χ0) is 17.1. The molecular formula is C17H15N5S2. The molecule has 1 aromatic carbocycles. The molecule has 7 heteroatoms. The number of nitrogens with zero attached hydrogens (tertiary/aromatic N) is 4. The molecule has 0 radical (unpaired) electrons. The van der Waals surface area contributed by atoms with E-state index >= 15 is 0 Å². The first-order valence-electron chi connectivity index (χ1n) is 7.25. The van der Waals surface area contributed by atoms with Crippen LogP contribution in [-0.4, -0.2) is 15.0 Å². The molecule has 2 aromatic heterocycles. The lowest BCUT2D eigenvalue weighted by Crippen LogP contribution is -2.02. The van der Waals surface area contributed by atoms with Gasteiger partial charge in [-0.05, 0) is 19.9 Å². The summed E-state index contributed by atoms with van der Waals surface area (Å²) in [5.41, 5.74) is 9.83. The number of anilines is 1. The van der Waals surface area contributed by atoms with Crippen LogP contribution in [0.15, 0.2) is 34.8 Å². The molecular weight excluding hydrogens is 338 g/mol. The van der Waals surface area contributed by atoms with Gasteiger partial charge in [0.2, 0.25) is 0 Å².